The molecule has 1 heterocycles. The van der Waals surface area contributed by atoms with Gasteiger partial charge in [0.25, 0.3) is 0 Å². The summed E-state index contributed by atoms with van der Waals surface area (Å²) in [6.07, 6.45) is 5.59. The maximum Gasteiger partial charge on any atom is 0.328 e. The second-order valence-electron chi connectivity index (χ2n) is 5.96. The lowest BCUT2D eigenvalue weighted by Gasteiger charge is -2.34. The molecule has 0 aromatic heterocycles. The van der Waals surface area contributed by atoms with Crippen LogP contribution in [0.5, 0.6) is 0 Å². The van der Waals surface area contributed by atoms with Crippen LogP contribution in [0.4, 0.5) is 0 Å². The summed E-state index contributed by atoms with van der Waals surface area (Å²) >= 11 is 0. The summed E-state index contributed by atoms with van der Waals surface area (Å²) in [6, 6.07) is 9.03. The Hall–Kier alpha value is -1.65. The standard InChI is InChI=1S/C17H22N2O2/c20-17(21)8-5-14-1-3-15(4-2-14)13-18-9-11-19(12-10-18)16-6-7-16/h1-5,8,16H,6-7,9-13H2,(H,20,21). The van der Waals surface area contributed by atoms with Crippen LogP contribution in [0.3, 0.4) is 0 Å². The fraction of sp³-hybridized carbons (Fsp3) is 0.471. The molecule has 21 heavy (non-hydrogen) atoms. The molecule has 1 aliphatic carbocycles. The fourth-order valence-corrected chi connectivity index (χ4v) is 2.89. The third-order valence-electron chi connectivity index (χ3n) is 4.27. The van der Waals surface area contributed by atoms with E-state index in [2.05, 4.69) is 21.9 Å². The Morgan fingerprint density at radius 1 is 1.14 bits per heavy atom. The van der Waals surface area contributed by atoms with Gasteiger partial charge in [0.2, 0.25) is 0 Å². The second-order valence-corrected chi connectivity index (χ2v) is 5.96. The van der Waals surface area contributed by atoms with Crippen LogP contribution < -0.4 is 0 Å². The predicted molar refractivity (Wildman–Crippen MR) is 83.0 cm³/mol. The molecular formula is C17H22N2O2. The number of hydrogen-bond donors (Lipinski definition) is 1. The van der Waals surface area contributed by atoms with E-state index in [4.69, 9.17) is 5.11 Å². The van der Waals surface area contributed by atoms with E-state index in [1.54, 1.807) is 6.08 Å². The number of piperazine rings is 1. The summed E-state index contributed by atoms with van der Waals surface area (Å²) in [5, 5.41) is 8.61. The van der Waals surface area contributed by atoms with Gasteiger partial charge in [-0.2, -0.15) is 0 Å². The number of carboxylic acids is 1. The Labute approximate surface area is 125 Å². The minimum absolute atomic E-state index is 0.882. The van der Waals surface area contributed by atoms with Crippen molar-refractivity contribution in [3.8, 4) is 0 Å². The molecule has 112 valence electrons. The van der Waals surface area contributed by atoms with Crippen molar-refractivity contribution in [2.24, 2.45) is 0 Å². The van der Waals surface area contributed by atoms with Gasteiger partial charge >= 0.3 is 5.97 Å². The van der Waals surface area contributed by atoms with Gasteiger partial charge < -0.3 is 5.11 Å². The van der Waals surface area contributed by atoms with Crippen molar-refractivity contribution < 1.29 is 9.90 Å². The summed E-state index contributed by atoms with van der Waals surface area (Å²) in [5.74, 6) is -0.910. The van der Waals surface area contributed by atoms with Gasteiger partial charge in [0.15, 0.2) is 0 Å². The Morgan fingerprint density at radius 2 is 1.81 bits per heavy atom. The lowest BCUT2D eigenvalue weighted by Crippen LogP contribution is -2.46. The third kappa shape index (κ3) is 4.16. The normalized spacial score (nSPS) is 21.0. The highest BCUT2D eigenvalue weighted by Crippen LogP contribution is 2.27. The molecule has 0 radical (unpaired) electrons. The van der Waals surface area contributed by atoms with Gasteiger partial charge in [-0.3, -0.25) is 9.80 Å². The highest BCUT2D eigenvalue weighted by molar-refractivity contribution is 5.85. The monoisotopic (exact) mass is 286 g/mol. The number of carbonyl (C=O) groups is 1. The Bertz CT molecular complexity index is 512. The highest BCUT2D eigenvalue weighted by atomic mass is 16.4. The molecule has 2 fully saturated rings. The average Bonchev–Trinajstić information content (AvgIpc) is 3.32. The SMILES string of the molecule is O=C(O)C=Cc1ccc(CN2CCN(C3CC3)CC2)cc1. The Balaban J connectivity index is 1.50. The van der Waals surface area contributed by atoms with Crippen LogP contribution in [0.15, 0.2) is 30.3 Å². The first-order valence-corrected chi connectivity index (χ1v) is 7.67. The van der Waals surface area contributed by atoms with Crippen molar-refractivity contribution >= 4 is 12.0 Å². The van der Waals surface area contributed by atoms with Crippen molar-refractivity contribution in [1.29, 1.82) is 0 Å². The molecule has 4 heteroatoms. The molecule has 1 saturated heterocycles. The maximum atomic E-state index is 10.5. The molecule has 1 aromatic rings. The zero-order chi connectivity index (χ0) is 14.7. The smallest absolute Gasteiger partial charge is 0.328 e. The lowest BCUT2D eigenvalue weighted by molar-refractivity contribution is -0.131. The highest BCUT2D eigenvalue weighted by Gasteiger charge is 2.30. The van der Waals surface area contributed by atoms with Crippen LogP contribution in [0, 0.1) is 0 Å². The van der Waals surface area contributed by atoms with Crippen LogP contribution in [-0.4, -0.2) is 53.1 Å². The molecular weight excluding hydrogens is 264 g/mol. The minimum atomic E-state index is -0.910. The molecule has 0 atom stereocenters. The van der Waals surface area contributed by atoms with Crippen LogP contribution in [0.25, 0.3) is 6.08 Å². The summed E-state index contributed by atoms with van der Waals surface area (Å²) in [6.45, 7) is 5.68. The molecule has 0 spiro atoms. The van der Waals surface area contributed by atoms with Gasteiger partial charge in [0.05, 0.1) is 0 Å². The van der Waals surface area contributed by atoms with E-state index in [9.17, 15) is 4.79 Å². The van der Waals surface area contributed by atoms with Gasteiger partial charge in [-0.05, 0) is 30.0 Å². The van der Waals surface area contributed by atoms with E-state index >= 15 is 0 Å². The maximum absolute atomic E-state index is 10.5. The number of benzene rings is 1. The Kier molecular flexibility index (Phi) is 4.36. The summed E-state index contributed by atoms with van der Waals surface area (Å²) in [5.41, 5.74) is 2.22. The van der Waals surface area contributed by atoms with Crippen LogP contribution in [-0.2, 0) is 11.3 Å². The molecule has 1 N–H and O–H groups in total. The van der Waals surface area contributed by atoms with Crippen LogP contribution in [0.1, 0.15) is 24.0 Å². The first-order chi connectivity index (χ1) is 10.2. The first-order valence-electron chi connectivity index (χ1n) is 7.67. The summed E-state index contributed by atoms with van der Waals surface area (Å²) in [7, 11) is 0. The molecule has 2 aliphatic rings. The van der Waals surface area contributed by atoms with Crippen molar-refractivity contribution in [3.63, 3.8) is 0 Å². The predicted octanol–water partition coefficient (Wildman–Crippen LogP) is 2.06. The van der Waals surface area contributed by atoms with E-state index in [0.717, 1.165) is 31.2 Å². The molecule has 0 unspecified atom stereocenters. The summed E-state index contributed by atoms with van der Waals surface area (Å²) in [4.78, 5) is 15.6. The zero-order valence-electron chi connectivity index (χ0n) is 12.2. The fourth-order valence-electron chi connectivity index (χ4n) is 2.89. The number of carboxylic acid groups (broad SMARTS) is 1. The van der Waals surface area contributed by atoms with Crippen LogP contribution in [0.2, 0.25) is 0 Å². The van der Waals surface area contributed by atoms with Gasteiger partial charge in [0.1, 0.15) is 0 Å². The van der Waals surface area contributed by atoms with Gasteiger partial charge in [0, 0.05) is 44.8 Å². The van der Waals surface area contributed by atoms with Gasteiger partial charge in [-0.15, -0.1) is 0 Å². The number of hydrogen-bond acceptors (Lipinski definition) is 3. The van der Waals surface area contributed by atoms with Crippen molar-refractivity contribution in [2.45, 2.75) is 25.4 Å². The number of aliphatic carboxylic acids is 1. The molecule has 0 bridgehead atoms. The quantitative estimate of drug-likeness (QED) is 0.842. The molecule has 4 nitrogen and oxygen atoms in total. The number of rotatable bonds is 5. The van der Waals surface area contributed by atoms with Crippen LogP contribution >= 0.6 is 0 Å². The van der Waals surface area contributed by atoms with E-state index in [1.165, 1.54) is 37.6 Å². The van der Waals surface area contributed by atoms with E-state index in [-0.39, 0.29) is 0 Å². The van der Waals surface area contributed by atoms with Gasteiger partial charge in [-0.1, -0.05) is 24.3 Å². The van der Waals surface area contributed by atoms with Crippen molar-refractivity contribution in [2.75, 3.05) is 26.2 Å². The molecule has 1 saturated carbocycles. The molecule has 3 rings (SSSR count). The largest absolute Gasteiger partial charge is 0.478 e. The second kappa shape index (κ2) is 6.41. The molecule has 0 amide bonds. The summed E-state index contributed by atoms with van der Waals surface area (Å²) < 4.78 is 0. The zero-order valence-corrected chi connectivity index (χ0v) is 12.2. The van der Waals surface area contributed by atoms with E-state index in [1.807, 2.05) is 12.1 Å². The van der Waals surface area contributed by atoms with Crippen molar-refractivity contribution in [3.05, 3.63) is 41.5 Å². The van der Waals surface area contributed by atoms with Gasteiger partial charge in [-0.25, -0.2) is 4.79 Å². The minimum Gasteiger partial charge on any atom is -0.478 e. The van der Waals surface area contributed by atoms with E-state index in [0.29, 0.717) is 0 Å². The number of nitrogens with zero attached hydrogens (tertiary/aromatic N) is 2. The topological polar surface area (TPSA) is 43.8 Å². The molecule has 1 aliphatic heterocycles. The first kappa shape index (κ1) is 14.3. The Morgan fingerprint density at radius 3 is 2.38 bits per heavy atom. The van der Waals surface area contributed by atoms with Crippen molar-refractivity contribution in [1.82, 2.24) is 9.80 Å². The molecule has 1 aromatic carbocycles. The van der Waals surface area contributed by atoms with E-state index < -0.39 is 5.97 Å². The average molecular weight is 286 g/mol. The lowest BCUT2D eigenvalue weighted by atomic mass is 10.1. The third-order valence-corrected chi connectivity index (χ3v) is 4.27.